The molecule has 0 aromatic carbocycles. The van der Waals surface area contributed by atoms with Crippen molar-refractivity contribution in [2.75, 3.05) is 13.2 Å². The zero-order chi connectivity index (χ0) is 14.1. The molecule has 19 heavy (non-hydrogen) atoms. The van der Waals surface area contributed by atoms with E-state index >= 15 is 0 Å². The molecule has 0 heterocycles. The van der Waals surface area contributed by atoms with Crippen LogP contribution in [0.2, 0.25) is 0 Å². The van der Waals surface area contributed by atoms with Gasteiger partial charge in [0.05, 0.1) is 6.61 Å². The second kappa shape index (κ2) is 9.35. The van der Waals surface area contributed by atoms with E-state index in [1.165, 1.54) is 32.1 Å². The minimum atomic E-state index is -0.103. The zero-order valence-corrected chi connectivity index (χ0v) is 12.9. The lowest BCUT2D eigenvalue weighted by Crippen LogP contribution is -2.41. The number of hydrogen-bond donors (Lipinski definition) is 1. The van der Waals surface area contributed by atoms with Crippen molar-refractivity contribution in [3.05, 3.63) is 0 Å². The lowest BCUT2D eigenvalue weighted by Gasteiger charge is -2.29. The third kappa shape index (κ3) is 5.94. The Bertz CT molecular complexity index is 247. The van der Waals surface area contributed by atoms with Crippen molar-refractivity contribution in [3.8, 4) is 0 Å². The Balaban J connectivity index is 2.29. The van der Waals surface area contributed by atoms with Gasteiger partial charge in [-0.05, 0) is 44.6 Å². The van der Waals surface area contributed by atoms with Crippen LogP contribution >= 0.6 is 0 Å². The molecule has 1 atom stereocenters. The predicted molar refractivity (Wildman–Crippen MR) is 79.1 cm³/mol. The molecule has 1 rings (SSSR count). The number of carbonyl (C=O) groups excluding carboxylic acids is 1. The molecule has 1 aliphatic carbocycles. The van der Waals surface area contributed by atoms with Crippen LogP contribution in [0.25, 0.3) is 0 Å². The van der Waals surface area contributed by atoms with Crippen molar-refractivity contribution in [3.63, 3.8) is 0 Å². The van der Waals surface area contributed by atoms with E-state index in [1.807, 2.05) is 6.92 Å². The fourth-order valence-electron chi connectivity index (χ4n) is 2.99. The second-order valence-corrected chi connectivity index (χ2v) is 5.80. The monoisotopic (exact) mass is 269 g/mol. The van der Waals surface area contributed by atoms with E-state index in [1.54, 1.807) is 0 Å². The molecule has 3 heteroatoms. The van der Waals surface area contributed by atoms with Gasteiger partial charge in [0.2, 0.25) is 0 Å². The Hall–Kier alpha value is -0.570. The summed E-state index contributed by atoms with van der Waals surface area (Å²) in [4.78, 5) is 11.8. The van der Waals surface area contributed by atoms with Crippen LogP contribution < -0.4 is 5.32 Å². The minimum absolute atomic E-state index is 0.0772. The minimum Gasteiger partial charge on any atom is -0.465 e. The van der Waals surface area contributed by atoms with Crippen LogP contribution in [0, 0.1) is 11.8 Å². The van der Waals surface area contributed by atoms with E-state index in [2.05, 4.69) is 19.2 Å². The number of hydrogen-bond acceptors (Lipinski definition) is 3. The van der Waals surface area contributed by atoms with Gasteiger partial charge in [0.15, 0.2) is 0 Å². The van der Waals surface area contributed by atoms with Gasteiger partial charge in [0.1, 0.15) is 6.04 Å². The van der Waals surface area contributed by atoms with Gasteiger partial charge in [-0.25, -0.2) is 0 Å². The number of rotatable bonds is 8. The molecule has 0 aromatic heterocycles. The van der Waals surface area contributed by atoms with Crippen molar-refractivity contribution in [1.29, 1.82) is 0 Å². The fourth-order valence-corrected chi connectivity index (χ4v) is 2.99. The van der Waals surface area contributed by atoms with Crippen LogP contribution in [-0.4, -0.2) is 25.2 Å². The van der Waals surface area contributed by atoms with E-state index in [0.29, 0.717) is 6.61 Å². The summed E-state index contributed by atoms with van der Waals surface area (Å²) in [5, 5.41) is 3.43. The number of carbonyl (C=O) groups is 1. The summed E-state index contributed by atoms with van der Waals surface area (Å²) in [6.45, 7) is 7.72. The van der Waals surface area contributed by atoms with Gasteiger partial charge in [0.25, 0.3) is 0 Å². The Morgan fingerprint density at radius 1 is 1.16 bits per heavy atom. The molecular weight excluding hydrogens is 238 g/mol. The van der Waals surface area contributed by atoms with Crippen LogP contribution in [0.1, 0.15) is 65.7 Å². The Kier molecular flexibility index (Phi) is 8.11. The predicted octanol–water partition coefficient (Wildman–Crippen LogP) is 3.52. The van der Waals surface area contributed by atoms with Gasteiger partial charge in [-0.3, -0.25) is 4.79 Å². The summed E-state index contributed by atoms with van der Waals surface area (Å²) in [7, 11) is 0. The molecule has 112 valence electrons. The van der Waals surface area contributed by atoms with E-state index in [0.717, 1.165) is 31.2 Å². The molecule has 0 aliphatic heterocycles. The van der Waals surface area contributed by atoms with Gasteiger partial charge < -0.3 is 10.1 Å². The molecule has 0 radical (unpaired) electrons. The van der Waals surface area contributed by atoms with E-state index in [4.69, 9.17) is 4.74 Å². The summed E-state index contributed by atoms with van der Waals surface area (Å²) < 4.78 is 5.13. The molecular formula is C16H31NO2. The van der Waals surface area contributed by atoms with E-state index in [-0.39, 0.29) is 12.0 Å². The smallest absolute Gasteiger partial charge is 0.323 e. The van der Waals surface area contributed by atoms with Gasteiger partial charge in [-0.2, -0.15) is 0 Å². The zero-order valence-electron chi connectivity index (χ0n) is 12.9. The van der Waals surface area contributed by atoms with Crippen molar-refractivity contribution in [1.82, 2.24) is 5.32 Å². The van der Waals surface area contributed by atoms with Crippen molar-refractivity contribution in [2.45, 2.75) is 71.8 Å². The third-order valence-electron chi connectivity index (χ3n) is 4.35. The topological polar surface area (TPSA) is 38.3 Å². The first-order valence-electron chi connectivity index (χ1n) is 8.11. The summed E-state index contributed by atoms with van der Waals surface area (Å²) >= 11 is 0. The molecule has 0 spiro atoms. The molecule has 3 nitrogen and oxygen atoms in total. The van der Waals surface area contributed by atoms with Crippen molar-refractivity contribution < 1.29 is 9.53 Å². The molecule has 0 amide bonds. The quantitative estimate of drug-likeness (QED) is 0.685. The molecule has 1 saturated carbocycles. The first kappa shape index (κ1) is 16.5. The average Bonchev–Trinajstić information content (AvgIpc) is 2.44. The highest BCUT2D eigenvalue weighted by atomic mass is 16.5. The lowest BCUT2D eigenvalue weighted by molar-refractivity contribution is -0.145. The lowest BCUT2D eigenvalue weighted by atomic mass is 9.81. The van der Waals surface area contributed by atoms with E-state index < -0.39 is 0 Å². The van der Waals surface area contributed by atoms with Crippen LogP contribution in [0.3, 0.4) is 0 Å². The van der Waals surface area contributed by atoms with Crippen LogP contribution in [0.15, 0.2) is 0 Å². The largest absolute Gasteiger partial charge is 0.465 e. The summed E-state index contributed by atoms with van der Waals surface area (Å²) in [5.41, 5.74) is 0. The maximum Gasteiger partial charge on any atom is 0.323 e. The fraction of sp³-hybridized carbons (Fsp3) is 0.938. The first-order valence-corrected chi connectivity index (χ1v) is 8.11. The van der Waals surface area contributed by atoms with Gasteiger partial charge in [-0.15, -0.1) is 0 Å². The SMILES string of the molecule is CCCC(NCC1CCC(CC)CC1)C(=O)OCC. The van der Waals surface area contributed by atoms with Crippen LogP contribution in [0.4, 0.5) is 0 Å². The molecule has 1 unspecified atom stereocenters. The Labute approximate surface area is 118 Å². The van der Waals surface area contributed by atoms with Gasteiger partial charge >= 0.3 is 5.97 Å². The Morgan fingerprint density at radius 3 is 2.32 bits per heavy atom. The molecule has 0 aromatic rings. The molecule has 0 bridgehead atoms. The van der Waals surface area contributed by atoms with Crippen LogP contribution in [-0.2, 0) is 9.53 Å². The van der Waals surface area contributed by atoms with Crippen molar-refractivity contribution >= 4 is 5.97 Å². The normalized spacial score (nSPS) is 25.0. The molecule has 1 aliphatic rings. The second-order valence-electron chi connectivity index (χ2n) is 5.80. The maximum absolute atomic E-state index is 11.8. The van der Waals surface area contributed by atoms with E-state index in [9.17, 15) is 4.79 Å². The molecule has 1 N–H and O–H groups in total. The standard InChI is InChI=1S/C16H31NO2/c1-4-7-15(16(18)19-6-3)17-12-14-10-8-13(5-2)9-11-14/h13-15,17H,4-12H2,1-3H3. The Morgan fingerprint density at radius 2 is 1.79 bits per heavy atom. The summed E-state index contributed by atoms with van der Waals surface area (Å²) in [6, 6.07) is -0.103. The van der Waals surface area contributed by atoms with Gasteiger partial charge in [0, 0.05) is 0 Å². The maximum atomic E-state index is 11.8. The number of nitrogens with one attached hydrogen (secondary N) is 1. The highest BCUT2D eigenvalue weighted by Gasteiger charge is 2.23. The number of esters is 1. The van der Waals surface area contributed by atoms with Gasteiger partial charge in [-0.1, -0.05) is 39.5 Å². The first-order chi connectivity index (χ1) is 9.21. The molecule has 0 saturated heterocycles. The number of ether oxygens (including phenoxy) is 1. The highest BCUT2D eigenvalue weighted by Crippen LogP contribution is 2.30. The highest BCUT2D eigenvalue weighted by molar-refractivity contribution is 5.75. The third-order valence-corrected chi connectivity index (χ3v) is 4.35. The van der Waals surface area contributed by atoms with Crippen LogP contribution in [0.5, 0.6) is 0 Å². The average molecular weight is 269 g/mol. The summed E-state index contributed by atoms with van der Waals surface area (Å²) in [5.74, 6) is 1.61. The molecule has 1 fully saturated rings. The van der Waals surface area contributed by atoms with Crippen molar-refractivity contribution in [2.24, 2.45) is 11.8 Å². The summed E-state index contributed by atoms with van der Waals surface area (Å²) in [6.07, 6.45) is 8.56.